The fraction of sp³-hybridized carbons (Fsp3) is 0.471. The summed E-state index contributed by atoms with van der Waals surface area (Å²) in [6.07, 6.45) is 2.12. The minimum atomic E-state index is -0.560. The number of hydrogen-bond donors (Lipinski definition) is 0. The fourth-order valence-corrected chi connectivity index (χ4v) is 2.44. The van der Waals surface area contributed by atoms with E-state index in [0.29, 0.717) is 13.0 Å². The number of hydrogen-bond acceptors (Lipinski definition) is 3. The second-order valence-electron chi connectivity index (χ2n) is 6.11. The predicted octanol–water partition coefficient (Wildman–Crippen LogP) is 3.34. The van der Waals surface area contributed by atoms with E-state index in [4.69, 9.17) is 4.74 Å². The Balaban J connectivity index is 0.00000220. The molecule has 0 saturated carbocycles. The maximum absolute atomic E-state index is 12.1. The molecule has 4 nitrogen and oxygen atoms in total. The van der Waals surface area contributed by atoms with Crippen LogP contribution in [0, 0.1) is 38.5 Å². The number of benzene rings is 1. The van der Waals surface area contributed by atoms with E-state index >= 15 is 0 Å². The summed E-state index contributed by atoms with van der Waals surface area (Å²) in [5.74, 6) is 0.162. The van der Waals surface area contributed by atoms with Crippen LogP contribution in [0.2, 0.25) is 0 Å². The van der Waals surface area contributed by atoms with Gasteiger partial charge in [-0.15, -0.1) is 0 Å². The smallest absolute Gasteiger partial charge is 0.540 e. The van der Waals surface area contributed by atoms with E-state index in [1.54, 1.807) is 0 Å². The van der Waals surface area contributed by atoms with Gasteiger partial charge >= 0.3 is 37.2 Å². The Morgan fingerprint density at radius 1 is 1.27 bits per heavy atom. The number of amides is 1. The maximum atomic E-state index is 12.1. The van der Waals surface area contributed by atoms with E-state index in [9.17, 15) is 9.59 Å². The van der Waals surface area contributed by atoms with Gasteiger partial charge in [0, 0.05) is 12.5 Å². The minimum absolute atomic E-state index is 0. The van der Waals surface area contributed by atoms with Crippen molar-refractivity contribution in [3.63, 3.8) is 0 Å². The van der Waals surface area contributed by atoms with Crippen molar-refractivity contribution in [1.82, 2.24) is 4.90 Å². The molecule has 1 aliphatic rings. The average molecular weight is 527 g/mol. The van der Waals surface area contributed by atoms with Gasteiger partial charge in [-0.3, -0.25) is 0 Å². The zero-order chi connectivity index (χ0) is 14.8. The molecule has 0 spiro atoms. The molecule has 0 radical (unpaired) electrons. The van der Waals surface area contributed by atoms with E-state index < -0.39 is 17.7 Å². The zero-order valence-corrected chi connectivity index (χ0v) is 17.8. The molecular weight excluding hydrogens is 504 g/mol. The molecule has 0 bridgehead atoms. The number of likely N-dealkylation sites (tertiary alicyclic amines) is 1. The second-order valence-corrected chi connectivity index (χ2v) is 6.11. The summed E-state index contributed by atoms with van der Waals surface area (Å²) in [5, 5.41) is 0. The van der Waals surface area contributed by atoms with E-state index in [1.807, 2.05) is 57.4 Å². The molecule has 1 amide bonds. The van der Waals surface area contributed by atoms with E-state index in [0.717, 1.165) is 5.56 Å². The summed E-state index contributed by atoms with van der Waals surface area (Å²) in [6.45, 7) is 5.94. The third-order valence-corrected chi connectivity index (χ3v) is 3.34. The van der Waals surface area contributed by atoms with Crippen molar-refractivity contribution in [2.24, 2.45) is 0 Å². The molecule has 5 heteroatoms. The molecule has 1 aromatic carbocycles. The summed E-state index contributed by atoms with van der Waals surface area (Å²) < 4.78 is 5.35. The van der Waals surface area contributed by atoms with E-state index in [1.165, 1.54) is 4.90 Å². The van der Waals surface area contributed by atoms with Crippen LogP contribution in [-0.4, -0.2) is 35.5 Å². The Labute approximate surface area is 157 Å². The molecule has 22 heavy (non-hydrogen) atoms. The Morgan fingerprint density at radius 2 is 1.86 bits per heavy atom. The van der Waals surface area contributed by atoms with Crippen LogP contribution in [0.15, 0.2) is 30.3 Å². The zero-order valence-electron chi connectivity index (χ0n) is 13.6. The van der Waals surface area contributed by atoms with Crippen LogP contribution < -0.4 is 0 Å². The molecule has 1 saturated heterocycles. The van der Waals surface area contributed by atoms with Crippen LogP contribution in [0.4, 0.5) is 4.79 Å². The summed E-state index contributed by atoms with van der Waals surface area (Å²) in [7, 11) is 0. The minimum Gasteiger partial charge on any atom is -0.540 e. The van der Waals surface area contributed by atoms with Crippen LogP contribution in [0.3, 0.4) is 0 Å². The Kier molecular flexibility index (Phi) is 8.43. The number of carbonyl (C=O) groups is 1. The van der Waals surface area contributed by atoms with Crippen molar-refractivity contribution < 1.29 is 45.4 Å². The number of ether oxygens (including phenoxy) is 1. The molecule has 1 fully saturated rings. The molecule has 1 heterocycles. The van der Waals surface area contributed by atoms with E-state index in [2.05, 4.69) is 0 Å². The van der Waals surface area contributed by atoms with Crippen molar-refractivity contribution >= 4 is 12.4 Å². The largest absolute Gasteiger partial charge is 2.00 e. The van der Waals surface area contributed by atoms with Gasteiger partial charge in [0.2, 0.25) is 0 Å². The van der Waals surface area contributed by atoms with Gasteiger partial charge in [-0.1, -0.05) is 36.4 Å². The summed E-state index contributed by atoms with van der Waals surface area (Å²) in [4.78, 5) is 24.7. The topological polar surface area (TPSA) is 46.6 Å². The van der Waals surface area contributed by atoms with Crippen molar-refractivity contribution in [3.8, 4) is 0 Å². The van der Waals surface area contributed by atoms with Gasteiger partial charge in [-0.2, -0.15) is 0 Å². The third-order valence-electron chi connectivity index (χ3n) is 3.34. The first-order valence-electron chi connectivity index (χ1n) is 6.83. The van der Waals surface area contributed by atoms with Crippen LogP contribution in [-0.2, 0) is 9.53 Å². The Morgan fingerprint density at radius 3 is 2.36 bits per heavy atom. The van der Waals surface area contributed by atoms with Crippen LogP contribution in [0.1, 0.15) is 38.7 Å². The second kappa shape index (κ2) is 8.74. The first-order chi connectivity index (χ1) is 9.40. The van der Waals surface area contributed by atoms with Crippen LogP contribution >= 0.6 is 0 Å². The van der Waals surface area contributed by atoms with Crippen molar-refractivity contribution in [2.75, 3.05) is 6.54 Å². The predicted molar refractivity (Wildman–Crippen MR) is 82.6 cm³/mol. The van der Waals surface area contributed by atoms with Gasteiger partial charge in [-0.05, 0) is 32.8 Å². The first kappa shape index (κ1) is 21.2. The fourth-order valence-electron chi connectivity index (χ4n) is 2.44. The molecule has 0 aliphatic carbocycles. The van der Waals surface area contributed by atoms with Gasteiger partial charge in [0.05, 0.1) is 0 Å². The van der Waals surface area contributed by atoms with Gasteiger partial charge < -0.3 is 21.9 Å². The van der Waals surface area contributed by atoms with Crippen molar-refractivity contribution in [2.45, 2.75) is 44.8 Å². The quantitative estimate of drug-likeness (QED) is 0.555. The van der Waals surface area contributed by atoms with Crippen molar-refractivity contribution in [1.29, 1.82) is 0 Å². The number of rotatable bonds is 2. The Hall–Kier alpha value is -0.788. The molecule has 118 valence electrons. The van der Waals surface area contributed by atoms with Gasteiger partial charge in [0.25, 0.3) is 0 Å². The molecule has 0 aromatic heterocycles. The molecule has 1 aromatic rings. The Bertz CT molecular complexity index is 484. The summed E-state index contributed by atoms with van der Waals surface area (Å²) in [6, 6.07) is 9.40. The summed E-state index contributed by atoms with van der Waals surface area (Å²) in [5.41, 5.74) is 0.578. The summed E-state index contributed by atoms with van der Waals surface area (Å²) >= 11 is 0. The molecule has 2 rings (SSSR count). The number of carbonyl (C=O) groups excluding carboxylic acids is 2. The normalized spacial score (nSPS) is 20.6. The van der Waals surface area contributed by atoms with E-state index in [-0.39, 0.29) is 44.5 Å². The molecule has 2 atom stereocenters. The molecule has 0 N–H and O–H groups in total. The SMILES string of the molecule is CC(C)(C)OC(=O)N1C[C@H](c2ccccc2)C[C@H]1[C-]=O.[CH3-].[U+2]. The van der Waals surface area contributed by atoms with Gasteiger partial charge in [-0.25, -0.2) is 11.1 Å². The average Bonchev–Trinajstić information content (AvgIpc) is 2.82. The number of nitrogens with zero attached hydrogens (tertiary/aromatic N) is 1. The van der Waals surface area contributed by atoms with Crippen LogP contribution in [0.25, 0.3) is 0 Å². The molecule has 1 aliphatic heterocycles. The molecule has 0 unspecified atom stereocenters. The van der Waals surface area contributed by atoms with Gasteiger partial charge in [0.15, 0.2) is 0 Å². The molecular formula is C17H23NO3U. The third kappa shape index (κ3) is 5.44. The monoisotopic (exact) mass is 527 g/mol. The van der Waals surface area contributed by atoms with Crippen molar-refractivity contribution in [3.05, 3.63) is 43.3 Å². The first-order valence-corrected chi connectivity index (χ1v) is 6.83. The maximum Gasteiger partial charge on any atom is 2.00 e. The van der Waals surface area contributed by atoms with Gasteiger partial charge in [0.1, 0.15) is 5.60 Å². The standard InChI is InChI=1S/C16H20NO3.CH3.U/c1-16(2,3)20-15(19)17-10-13(9-14(17)11-18)12-7-5-4-6-8-12;;/h4-8,13-14H,9-10H2,1-3H3;1H3;/q2*-1;+2/t13-,14+;;/m1../s1. The van der Waals surface area contributed by atoms with Crippen LogP contribution in [0.5, 0.6) is 0 Å².